The van der Waals surface area contributed by atoms with Crippen molar-refractivity contribution in [2.45, 2.75) is 11.3 Å². The van der Waals surface area contributed by atoms with Gasteiger partial charge in [-0.05, 0) is 29.0 Å². The van der Waals surface area contributed by atoms with Gasteiger partial charge in [0.2, 0.25) is 11.5 Å². The van der Waals surface area contributed by atoms with Crippen molar-refractivity contribution in [3.8, 4) is 11.4 Å². The molecule has 0 aliphatic carbocycles. The number of H-pyrrole nitrogens is 1. The van der Waals surface area contributed by atoms with Crippen LogP contribution in [0.3, 0.4) is 0 Å². The zero-order valence-corrected chi connectivity index (χ0v) is 14.4. The van der Waals surface area contributed by atoms with E-state index in [1.54, 1.807) is 31.4 Å². The SMILES string of the molecule is COc1ccc(-[n+]2[nH]oc(=O)c2C(=O)CSc2nnc(C)s2)cc1. The van der Waals surface area contributed by atoms with Gasteiger partial charge in [0.1, 0.15) is 10.8 Å². The summed E-state index contributed by atoms with van der Waals surface area (Å²) in [6, 6.07) is 6.87. The Hall–Kier alpha value is -2.46. The third-order valence-corrected chi connectivity index (χ3v) is 5.05. The van der Waals surface area contributed by atoms with E-state index in [2.05, 4.69) is 15.5 Å². The summed E-state index contributed by atoms with van der Waals surface area (Å²) >= 11 is 2.63. The molecule has 0 amide bonds. The maximum atomic E-state index is 12.4. The number of methoxy groups -OCH3 is 1. The van der Waals surface area contributed by atoms with Crippen molar-refractivity contribution in [3.63, 3.8) is 0 Å². The van der Waals surface area contributed by atoms with Crippen molar-refractivity contribution in [2.24, 2.45) is 0 Å². The van der Waals surface area contributed by atoms with Crippen LogP contribution >= 0.6 is 23.1 Å². The number of aromatic amines is 1. The first-order valence-electron chi connectivity index (χ1n) is 6.82. The van der Waals surface area contributed by atoms with Crippen molar-refractivity contribution in [1.29, 1.82) is 0 Å². The highest BCUT2D eigenvalue weighted by molar-refractivity contribution is 8.01. The van der Waals surface area contributed by atoms with Gasteiger partial charge in [-0.3, -0.25) is 9.32 Å². The second kappa shape index (κ2) is 6.97. The van der Waals surface area contributed by atoms with E-state index in [1.165, 1.54) is 27.8 Å². The predicted molar refractivity (Wildman–Crippen MR) is 87.1 cm³/mol. The number of rotatable bonds is 6. The van der Waals surface area contributed by atoms with E-state index in [9.17, 15) is 9.59 Å². The molecule has 0 spiro atoms. The summed E-state index contributed by atoms with van der Waals surface area (Å²) in [5.74, 6) is 0.367. The third kappa shape index (κ3) is 3.39. The molecule has 0 aliphatic heterocycles. The molecule has 0 aliphatic rings. The summed E-state index contributed by atoms with van der Waals surface area (Å²) in [5, 5.41) is 11.1. The molecular weight excluding hydrogens is 352 g/mol. The van der Waals surface area contributed by atoms with Crippen LogP contribution in [0, 0.1) is 6.92 Å². The highest BCUT2D eigenvalue weighted by Crippen LogP contribution is 2.22. The summed E-state index contributed by atoms with van der Waals surface area (Å²) in [6.07, 6.45) is 0. The number of hydrogen-bond donors (Lipinski definition) is 1. The number of Topliss-reactive ketones (excluding diaryl/α,β-unsaturated/α-hetero) is 1. The minimum Gasteiger partial charge on any atom is -0.497 e. The number of nitrogens with one attached hydrogen (secondary N) is 1. The van der Waals surface area contributed by atoms with Crippen LogP contribution < -0.4 is 15.0 Å². The molecule has 2 aromatic heterocycles. The maximum absolute atomic E-state index is 12.4. The summed E-state index contributed by atoms with van der Waals surface area (Å²) in [5.41, 5.74) is -0.208. The van der Waals surface area contributed by atoms with E-state index in [-0.39, 0.29) is 17.2 Å². The van der Waals surface area contributed by atoms with Crippen molar-refractivity contribution in [1.82, 2.24) is 15.5 Å². The zero-order chi connectivity index (χ0) is 17.1. The first-order chi connectivity index (χ1) is 11.6. The van der Waals surface area contributed by atoms with Crippen LogP contribution in [0.15, 0.2) is 37.9 Å². The van der Waals surface area contributed by atoms with Gasteiger partial charge in [0.15, 0.2) is 4.34 Å². The number of hydrogen-bond acceptors (Lipinski definition) is 8. The lowest BCUT2D eigenvalue weighted by atomic mass is 10.2. The number of benzene rings is 1. The first kappa shape index (κ1) is 16.4. The molecule has 1 aromatic carbocycles. The topological polar surface area (TPSA) is 102 Å². The molecule has 0 fully saturated rings. The minimum atomic E-state index is -0.718. The van der Waals surface area contributed by atoms with Gasteiger partial charge in [-0.1, -0.05) is 23.1 Å². The molecule has 3 rings (SSSR count). The molecule has 0 radical (unpaired) electrons. The van der Waals surface area contributed by atoms with Crippen LogP contribution in [0.5, 0.6) is 5.75 Å². The molecule has 0 unspecified atom stereocenters. The summed E-state index contributed by atoms with van der Waals surface area (Å²) < 4.78 is 11.9. The Balaban J connectivity index is 1.83. The Morgan fingerprint density at radius 2 is 2.12 bits per heavy atom. The predicted octanol–water partition coefficient (Wildman–Crippen LogP) is 1.39. The number of ketones is 1. The Labute approximate surface area is 144 Å². The lowest BCUT2D eigenvalue weighted by molar-refractivity contribution is -0.672. The quantitative estimate of drug-likeness (QED) is 0.400. The highest BCUT2D eigenvalue weighted by atomic mass is 32.2. The second-order valence-electron chi connectivity index (χ2n) is 4.66. The maximum Gasteiger partial charge on any atom is 0.438 e. The van der Waals surface area contributed by atoms with Gasteiger partial charge in [-0.2, -0.15) is 0 Å². The molecule has 3 aromatic rings. The van der Waals surface area contributed by atoms with E-state index in [4.69, 9.17) is 9.26 Å². The summed E-state index contributed by atoms with van der Waals surface area (Å²) in [4.78, 5) is 24.3. The molecule has 0 saturated heterocycles. The van der Waals surface area contributed by atoms with E-state index in [1.807, 2.05) is 6.92 Å². The number of aryl methyl sites for hydroxylation is 1. The molecule has 0 saturated carbocycles. The van der Waals surface area contributed by atoms with E-state index >= 15 is 0 Å². The largest absolute Gasteiger partial charge is 0.497 e. The molecule has 2 heterocycles. The van der Waals surface area contributed by atoms with Gasteiger partial charge in [-0.25, -0.2) is 4.79 Å². The van der Waals surface area contributed by atoms with Gasteiger partial charge < -0.3 is 4.74 Å². The Bertz CT molecular complexity index is 914. The van der Waals surface area contributed by atoms with Crippen LogP contribution in [0.2, 0.25) is 0 Å². The molecule has 0 atom stereocenters. The van der Waals surface area contributed by atoms with Crippen molar-refractivity contribution in [2.75, 3.05) is 12.9 Å². The number of aromatic nitrogens is 4. The van der Waals surface area contributed by atoms with Gasteiger partial charge in [0.05, 0.1) is 12.9 Å². The number of ether oxygens (including phenoxy) is 1. The van der Waals surface area contributed by atoms with Crippen LogP contribution in [-0.2, 0) is 0 Å². The lowest BCUT2D eigenvalue weighted by Crippen LogP contribution is -2.41. The van der Waals surface area contributed by atoms with Crippen LogP contribution in [0.25, 0.3) is 5.69 Å². The minimum absolute atomic E-state index is 0.0629. The van der Waals surface area contributed by atoms with Crippen LogP contribution in [-0.4, -0.2) is 34.1 Å². The van der Waals surface area contributed by atoms with Gasteiger partial charge in [-0.15, -0.1) is 10.2 Å². The molecule has 1 N–H and O–H groups in total. The number of nitrogens with zero attached hydrogens (tertiary/aromatic N) is 3. The fourth-order valence-corrected chi connectivity index (χ4v) is 3.64. The van der Waals surface area contributed by atoms with Crippen molar-refractivity contribution in [3.05, 3.63) is 45.4 Å². The highest BCUT2D eigenvalue weighted by Gasteiger charge is 2.30. The Kier molecular flexibility index (Phi) is 4.76. The van der Waals surface area contributed by atoms with E-state index in [0.717, 1.165) is 5.01 Å². The van der Waals surface area contributed by atoms with E-state index in [0.29, 0.717) is 15.8 Å². The monoisotopic (exact) mass is 365 g/mol. The standard InChI is InChI=1S/C14H12N4O4S2/c1-8-15-16-14(24-8)23-7-11(19)12-13(20)22-17-18(12)9-3-5-10(21-2)6-4-9/h3-6H,7H2,1-2H3/p+1. The molecule has 124 valence electrons. The third-order valence-electron chi connectivity index (χ3n) is 3.08. The normalized spacial score (nSPS) is 10.8. The summed E-state index contributed by atoms with van der Waals surface area (Å²) in [6.45, 7) is 1.84. The average molecular weight is 365 g/mol. The number of thioether (sulfide) groups is 1. The lowest BCUT2D eigenvalue weighted by Gasteiger charge is -1.98. The van der Waals surface area contributed by atoms with Gasteiger partial charge in [0, 0.05) is 12.1 Å². The van der Waals surface area contributed by atoms with Crippen LogP contribution in [0.4, 0.5) is 0 Å². The number of carbonyl (C=O) groups excluding carboxylic acids is 1. The van der Waals surface area contributed by atoms with Gasteiger partial charge in [0.25, 0.3) is 0 Å². The average Bonchev–Trinajstić information content (AvgIpc) is 3.18. The first-order valence-corrected chi connectivity index (χ1v) is 8.62. The second-order valence-corrected chi connectivity index (χ2v) is 7.07. The molecular formula is C14H13N4O4S2+. The van der Waals surface area contributed by atoms with Crippen molar-refractivity contribution < 1.29 is 18.7 Å². The molecule has 8 nitrogen and oxygen atoms in total. The Morgan fingerprint density at radius 1 is 1.38 bits per heavy atom. The van der Waals surface area contributed by atoms with E-state index < -0.39 is 5.63 Å². The number of carbonyl (C=O) groups is 1. The fraction of sp³-hybridized carbons (Fsp3) is 0.214. The van der Waals surface area contributed by atoms with Crippen molar-refractivity contribution >= 4 is 28.9 Å². The molecule has 10 heteroatoms. The summed E-state index contributed by atoms with van der Waals surface area (Å²) in [7, 11) is 1.56. The molecule has 24 heavy (non-hydrogen) atoms. The Morgan fingerprint density at radius 3 is 2.75 bits per heavy atom. The zero-order valence-electron chi connectivity index (χ0n) is 12.8. The smallest absolute Gasteiger partial charge is 0.438 e. The molecule has 0 bridgehead atoms. The van der Waals surface area contributed by atoms with Gasteiger partial charge >= 0.3 is 11.3 Å². The van der Waals surface area contributed by atoms with Crippen LogP contribution in [0.1, 0.15) is 15.5 Å². The fourth-order valence-electron chi connectivity index (χ4n) is 1.96.